The number of allylic oxidation sites excluding steroid dienone is 2. The lowest BCUT2D eigenvalue weighted by molar-refractivity contribution is 0.110. The third-order valence-corrected chi connectivity index (χ3v) is 5.45. The Morgan fingerprint density at radius 2 is 1.88 bits per heavy atom. The largest absolute Gasteiger partial charge is 0.319 e. The van der Waals surface area contributed by atoms with Gasteiger partial charge in [-0.25, -0.2) is 5.01 Å². The molecule has 2 aliphatic rings. The summed E-state index contributed by atoms with van der Waals surface area (Å²) in [5.41, 5.74) is 11.3. The van der Waals surface area contributed by atoms with E-state index in [-0.39, 0.29) is 6.04 Å². The molecule has 2 unspecified atom stereocenters. The molecule has 1 aliphatic carbocycles. The van der Waals surface area contributed by atoms with Gasteiger partial charge in [0.05, 0.1) is 11.6 Å². The third-order valence-electron chi connectivity index (χ3n) is 5.45. The van der Waals surface area contributed by atoms with Gasteiger partial charge in [0, 0.05) is 26.2 Å². The Balaban J connectivity index is 2.00. The van der Waals surface area contributed by atoms with Crippen molar-refractivity contribution in [2.75, 3.05) is 26.2 Å². The molecule has 1 heterocycles. The Morgan fingerprint density at radius 3 is 2.54 bits per heavy atom. The van der Waals surface area contributed by atoms with Gasteiger partial charge < -0.3 is 5.73 Å². The summed E-state index contributed by atoms with van der Waals surface area (Å²) in [6.07, 6.45) is 11.7. The van der Waals surface area contributed by atoms with E-state index in [9.17, 15) is 0 Å². The molecule has 0 spiro atoms. The number of nitrogens with two attached hydrogens (primary N) is 2. The Labute approximate surface area is 157 Å². The van der Waals surface area contributed by atoms with Crippen LogP contribution in [0.25, 0.3) is 0 Å². The number of hydrazine groups is 1. The van der Waals surface area contributed by atoms with Crippen LogP contribution in [0, 0.1) is 6.92 Å². The molecule has 1 fully saturated rings. The Hall–Kier alpha value is -1.72. The summed E-state index contributed by atoms with van der Waals surface area (Å²) in [6, 6.07) is 7.12. The minimum absolute atomic E-state index is 0.226. The zero-order chi connectivity index (χ0) is 18.7. The monoisotopic (exact) mass is 352 g/mol. The number of rotatable bonds is 4. The van der Waals surface area contributed by atoms with Crippen LogP contribution in [0.5, 0.6) is 0 Å². The van der Waals surface area contributed by atoms with Crippen LogP contribution < -0.4 is 11.6 Å². The van der Waals surface area contributed by atoms with Gasteiger partial charge in [0.25, 0.3) is 0 Å². The van der Waals surface area contributed by atoms with Crippen LogP contribution in [-0.4, -0.2) is 41.6 Å². The average Bonchev–Trinajstić information content (AvgIpc) is 2.79. The highest BCUT2D eigenvalue weighted by molar-refractivity contribution is 5.44. The number of piperazine rings is 1. The second-order valence-corrected chi connectivity index (χ2v) is 7.74. The standard InChI is InChI=1S/C22H32N4/c1-4-18-7-8-20(17(2)16-18)21(25-12-14-26(24)15-13-25)19-6-5-10-22(3,23)11-9-19/h5-11,16,21H,4,12-15,23-24H2,1-3H3. The fourth-order valence-electron chi connectivity index (χ4n) is 3.78. The van der Waals surface area contributed by atoms with Gasteiger partial charge in [-0.15, -0.1) is 0 Å². The summed E-state index contributed by atoms with van der Waals surface area (Å²) in [5, 5.41) is 1.91. The fraction of sp³-hybridized carbons (Fsp3) is 0.455. The highest BCUT2D eigenvalue weighted by atomic mass is 15.4. The van der Waals surface area contributed by atoms with Crippen LogP contribution in [-0.2, 0) is 6.42 Å². The summed E-state index contributed by atoms with van der Waals surface area (Å²) in [4.78, 5) is 2.54. The molecule has 4 heteroatoms. The zero-order valence-corrected chi connectivity index (χ0v) is 16.3. The van der Waals surface area contributed by atoms with Gasteiger partial charge in [-0.3, -0.25) is 10.7 Å². The van der Waals surface area contributed by atoms with E-state index >= 15 is 0 Å². The number of hydrogen-bond acceptors (Lipinski definition) is 4. The van der Waals surface area contributed by atoms with E-state index in [1.54, 1.807) is 0 Å². The van der Waals surface area contributed by atoms with Crippen molar-refractivity contribution >= 4 is 0 Å². The molecule has 0 radical (unpaired) electrons. The van der Waals surface area contributed by atoms with Gasteiger partial charge in [-0.05, 0) is 42.5 Å². The molecule has 3 rings (SSSR count). The fourth-order valence-corrected chi connectivity index (χ4v) is 3.78. The first-order valence-corrected chi connectivity index (χ1v) is 9.60. The van der Waals surface area contributed by atoms with Crippen molar-refractivity contribution in [3.8, 4) is 0 Å². The Kier molecular flexibility index (Phi) is 5.78. The van der Waals surface area contributed by atoms with E-state index in [0.29, 0.717) is 0 Å². The normalized spacial score (nSPS) is 25.8. The molecule has 1 aromatic rings. The minimum Gasteiger partial charge on any atom is -0.319 e. The second-order valence-electron chi connectivity index (χ2n) is 7.74. The van der Waals surface area contributed by atoms with Crippen LogP contribution in [0.3, 0.4) is 0 Å². The molecule has 26 heavy (non-hydrogen) atoms. The quantitative estimate of drug-likeness (QED) is 0.818. The van der Waals surface area contributed by atoms with Crippen molar-refractivity contribution in [3.05, 3.63) is 70.8 Å². The van der Waals surface area contributed by atoms with E-state index in [0.717, 1.165) is 32.6 Å². The molecule has 0 aromatic heterocycles. The Morgan fingerprint density at radius 1 is 1.15 bits per heavy atom. The van der Waals surface area contributed by atoms with Crippen molar-refractivity contribution in [1.82, 2.24) is 9.91 Å². The van der Waals surface area contributed by atoms with E-state index < -0.39 is 5.54 Å². The maximum atomic E-state index is 6.30. The highest BCUT2D eigenvalue weighted by Gasteiger charge is 2.28. The van der Waals surface area contributed by atoms with Crippen molar-refractivity contribution in [3.63, 3.8) is 0 Å². The van der Waals surface area contributed by atoms with Crippen molar-refractivity contribution in [2.45, 2.75) is 38.8 Å². The second kappa shape index (κ2) is 7.89. The maximum Gasteiger partial charge on any atom is 0.0605 e. The van der Waals surface area contributed by atoms with Crippen molar-refractivity contribution in [2.24, 2.45) is 11.6 Å². The molecular weight excluding hydrogens is 320 g/mol. The van der Waals surface area contributed by atoms with Gasteiger partial charge in [0.2, 0.25) is 0 Å². The Bertz CT molecular complexity index is 722. The van der Waals surface area contributed by atoms with Crippen LogP contribution >= 0.6 is 0 Å². The van der Waals surface area contributed by atoms with E-state index in [1.807, 2.05) is 11.9 Å². The molecule has 140 valence electrons. The molecule has 1 aliphatic heterocycles. The highest BCUT2D eigenvalue weighted by Crippen LogP contribution is 2.34. The molecule has 0 amide bonds. The number of nitrogens with zero attached hydrogens (tertiary/aromatic N) is 2. The van der Waals surface area contributed by atoms with Gasteiger partial charge in [-0.1, -0.05) is 55.5 Å². The molecule has 2 atom stereocenters. The summed E-state index contributed by atoms with van der Waals surface area (Å²) in [6.45, 7) is 10.2. The average molecular weight is 353 g/mol. The molecule has 0 saturated carbocycles. The van der Waals surface area contributed by atoms with Crippen LogP contribution in [0.15, 0.2) is 54.2 Å². The number of hydrogen-bond donors (Lipinski definition) is 2. The van der Waals surface area contributed by atoms with E-state index in [4.69, 9.17) is 11.6 Å². The maximum absolute atomic E-state index is 6.30. The predicted molar refractivity (Wildman–Crippen MR) is 110 cm³/mol. The lowest BCUT2D eigenvalue weighted by Gasteiger charge is -2.39. The predicted octanol–water partition coefficient (Wildman–Crippen LogP) is 2.86. The summed E-state index contributed by atoms with van der Waals surface area (Å²) < 4.78 is 0. The topological polar surface area (TPSA) is 58.5 Å². The lowest BCUT2D eigenvalue weighted by Crippen LogP contribution is -2.50. The molecule has 1 aromatic carbocycles. The van der Waals surface area contributed by atoms with Gasteiger partial charge >= 0.3 is 0 Å². The first-order valence-electron chi connectivity index (χ1n) is 9.60. The van der Waals surface area contributed by atoms with Crippen LogP contribution in [0.2, 0.25) is 0 Å². The van der Waals surface area contributed by atoms with Crippen LogP contribution in [0.1, 0.15) is 36.6 Å². The number of benzene rings is 1. The van der Waals surface area contributed by atoms with Gasteiger partial charge in [0.1, 0.15) is 0 Å². The summed E-state index contributed by atoms with van der Waals surface area (Å²) >= 11 is 0. The SMILES string of the molecule is CCc1ccc(C(C2=CC=CC(C)(N)C=C2)N2CCN(N)CC2)c(C)c1. The molecule has 0 bridgehead atoms. The third kappa shape index (κ3) is 4.33. The van der Waals surface area contributed by atoms with Gasteiger partial charge in [-0.2, -0.15) is 0 Å². The lowest BCUT2D eigenvalue weighted by atomic mass is 9.90. The van der Waals surface area contributed by atoms with E-state index in [2.05, 4.69) is 67.3 Å². The van der Waals surface area contributed by atoms with E-state index in [1.165, 1.54) is 22.3 Å². The molecular formula is C22H32N4. The zero-order valence-electron chi connectivity index (χ0n) is 16.3. The van der Waals surface area contributed by atoms with Crippen molar-refractivity contribution < 1.29 is 0 Å². The summed E-state index contributed by atoms with van der Waals surface area (Å²) in [7, 11) is 0. The minimum atomic E-state index is -0.403. The molecule has 4 N–H and O–H groups in total. The van der Waals surface area contributed by atoms with Crippen molar-refractivity contribution in [1.29, 1.82) is 0 Å². The summed E-state index contributed by atoms with van der Waals surface area (Å²) in [5.74, 6) is 5.99. The molecule has 4 nitrogen and oxygen atoms in total. The van der Waals surface area contributed by atoms with Crippen LogP contribution in [0.4, 0.5) is 0 Å². The first-order chi connectivity index (χ1) is 12.4. The number of aryl methyl sites for hydroxylation is 2. The smallest absolute Gasteiger partial charge is 0.0605 e. The van der Waals surface area contributed by atoms with Gasteiger partial charge in [0.15, 0.2) is 0 Å². The first kappa shape index (κ1) is 19.1. The molecule has 1 saturated heterocycles.